The molecule has 1 aliphatic rings. The van der Waals surface area contributed by atoms with E-state index in [2.05, 4.69) is 0 Å². The van der Waals surface area contributed by atoms with Crippen molar-refractivity contribution in [3.63, 3.8) is 0 Å². The topological polar surface area (TPSA) is 32.8 Å². The SMILES string of the molecule is CN(C)CCC1CN(C(=O)c2cc(C(F)(F)F)ccc2Cl)CCO1. The van der Waals surface area contributed by atoms with Gasteiger partial charge in [0.2, 0.25) is 0 Å². The number of halogens is 4. The molecule has 1 atom stereocenters. The van der Waals surface area contributed by atoms with Crippen LogP contribution >= 0.6 is 11.6 Å². The van der Waals surface area contributed by atoms with Crippen LogP contribution in [0.2, 0.25) is 5.02 Å². The number of amides is 1. The van der Waals surface area contributed by atoms with Crippen molar-refractivity contribution >= 4 is 17.5 Å². The summed E-state index contributed by atoms with van der Waals surface area (Å²) in [6.45, 7) is 1.85. The molecule has 0 bridgehead atoms. The van der Waals surface area contributed by atoms with E-state index in [0.29, 0.717) is 19.7 Å². The van der Waals surface area contributed by atoms with Gasteiger partial charge >= 0.3 is 6.18 Å². The van der Waals surface area contributed by atoms with Gasteiger partial charge in [0.05, 0.1) is 28.9 Å². The summed E-state index contributed by atoms with van der Waals surface area (Å²) in [4.78, 5) is 16.1. The highest BCUT2D eigenvalue weighted by Gasteiger charge is 2.33. The first-order valence-electron chi connectivity index (χ1n) is 7.61. The van der Waals surface area contributed by atoms with E-state index in [0.717, 1.165) is 31.2 Å². The molecule has 1 unspecified atom stereocenters. The summed E-state index contributed by atoms with van der Waals surface area (Å²) in [5.74, 6) is -0.496. The zero-order chi connectivity index (χ0) is 17.9. The Morgan fingerprint density at radius 3 is 2.75 bits per heavy atom. The van der Waals surface area contributed by atoms with Gasteiger partial charge in [0.25, 0.3) is 5.91 Å². The molecule has 0 radical (unpaired) electrons. The molecule has 1 fully saturated rings. The van der Waals surface area contributed by atoms with Gasteiger partial charge in [0.15, 0.2) is 0 Å². The van der Waals surface area contributed by atoms with E-state index in [1.165, 1.54) is 4.90 Å². The van der Waals surface area contributed by atoms with Gasteiger partial charge in [0, 0.05) is 19.6 Å². The van der Waals surface area contributed by atoms with E-state index in [4.69, 9.17) is 16.3 Å². The van der Waals surface area contributed by atoms with Gasteiger partial charge < -0.3 is 14.5 Å². The maximum Gasteiger partial charge on any atom is 0.416 e. The van der Waals surface area contributed by atoms with Crippen LogP contribution in [0.25, 0.3) is 0 Å². The first-order valence-corrected chi connectivity index (χ1v) is 7.98. The molecular weight excluding hydrogens is 345 g/mol. The minimum atomic E-state index is -4.52. The van der Waals surface area contributed by atoms with Crippen molar-refractivity contribution < 1.29 is 22.7 Å². The Morgan fingerprint density at radius 2 is 2.12 bits per heavy atom. The smallest absolute Gasteiger partial charge is 0.374 e. The van der Waals surface area contributed by atoms with Crippen molar-refractivity contribution in [2.24, 2.45) is 0 Å². The van der Waals surface area contributed by atoms with Gasteiger partial charge in [-0.1, -0.05) is 11.6 Å². The van der Waals surface area contributed by atoms with Crippen LogP contribution in [0.15, 0.2) is 18.2 Å². The lowest BCUT2D eigenvalue weighted by Crippen LogP contribution is -2.46. The maximum atomic E-state index is 12.9. The Kier molecular flexibility index (Phi) is 6.11. The van der Waals surface area contributed by atoms with E-state index in [1.54, 1.807) is 0 Å². The summed E-state index contributed by atoms with van der Waals surface area (Å²) >= 11 is 5.95. The molecule has 134 valence electrons. The lowest BCUT2D eigenvalue weighted by atomic mass is 10.1. The molecule has 0 N–H and O–H groups in total. The second-order valence-electron chi connectivity index (χ2n) is 6.03. The van der Waals surface area contributed by atoms with Crippen LogP contribution in [-0.4, -0.2) is 62.1 Å². The van der Waals surface area contributed by atoms with Crippen molar-refractivity contribution in [2.75, 3.05) is 40.3 Å². The maximum absolute atomic E-state index is 12.9. The number of carbonyl (C=O) groups is 1. The summed E-state index contributed by atoms with van der Waals surface area (Å²) in [7, 11) is 3.88. The predicted molar refractivity (Wildman–Crippen MR) is 85.3 cm³/mol. The van der Waals surface area contributed by atoms with Crippen LogP contribution in [0.5, 0.6) is 0 Å². The molecule has 4 nitrogen and oxygen atoms in total. The number of rotatable bonds is 4. The van der Waals surface area contributed by atoms with E-state index >= 15 is 0 Å². The van der Waals surface area contributed by atoms with Crippen molar-refractivity contribution in [3.05, 3.63) is 34.3 Å². The Morgan fingerprint density at radius 1 is 1.42 bits per heavy atom. The molecule has 1 aromatic carbocycles. The molecule has 1 heterocycles. The fourth-order valence-corrected chi connectivity index (χ4v) is 2.71. The molecule has 24 heavy (non-hydrogen) atoms. The number of morpholine rings is 1. The van der Waals surface area contributed by atoms with Gasteiger partial charge in [-0.05, 0) is 38.7 Å². The number of alkyl halides is 3. The van der Waals surface area contributed by atoms with Crippen LogP contribution in [0.3, 0.4) is 0 Å². The first kappa shape index (κ1) is 19.0. The molecule has 1 saturated heterocycles. The zero-order valence-electron chi connectivity index (χ0n) is 13.6. The molecule has 0 spiro atoms. The minimum absolute atomic E-state index is 0.0179. The van der Waals surface area contributed by atoms with Crippen LogP contribution in [-0.2, 0) is 10.9 Å². The highest BCUT2D eigenvalue weighted by atomic mass is 35.5. The minimum Gasteiger partial charge on any atom is -0.374 e. The first-order chi connectivity index (χ1) is 11.2. The number of benzene rings is 1. The van der Waals surface area contributed by atoms with Crippen molar-refractivity contribution in [3.8, 4) is 0 Å². The number of ether oxygens (including phenoxy) is 1. The fraction of sp³-hybridized carbons (Fsp3) is 0.562. The van der Waals surface area contributed by atoms with Gasteiger partial charge in [-0.2, -0.15) is 13.2 Å². The molecule has 0 aromatic heterocycles. The quantitative estimate of drug-likeness (QED) is 0.822. The molecular formula is C16H20ClF3N2O2. The number of nitrogens with zero attached hydrogens (tertiary/aromatic N) is 2. The van der Waals surface area contributed by atoms with Crippen molar-refractivity contribution in [2.45, 2.75) is 18.7 Å². The predicted octanol–water partition coefficient (Wildman–Crippen LogP) is 3.15. The summed E-state index contributed by atoms with van der Waals surface area (Å²) in [5.41, 5.74) is -1.01. The third-order valence-electron chi connectivity index (χ3n) is 3.85. The standard InChI is InChI=1S/C16H20ClF3N2O2/c1-21(2)6-5-12-10-22(7-8-24-12)15(23)13-9-11(16(18,19)20)3-4-14(13)17/h3-4,9,12H,5-8,10H2,1-2H3. The Bertz CT molecular complexity index is 593. The molecule has 1 aromatic rings. The van der Waals surface area contributed by atoms with E-state index in [1.807, 2.05) is 19.0 Å². The Hall–Kier alpha value is -1.31. The lowest BCUT2D eigenvalue weighted by Gasteiger charge is -2.33. The highest BCUT2D eigenvalue weighted by molar-refractivity contribution is 6.33. The lowest BCUT2D eigenvalue weighted by molar-refractivity contribution is -0.137. The molecule has 1 aliphatic heterocycles. The second kappa shape index (κ2) is 7.72. The average Bonchev–Trinajstić information content (AvgIpc) is 2.52. The second-order valence-corrected chi connectivity index (χ2v) is 6.44. The third-order valence-corrected chi connectivity index (χ3v) is 4.18. The Labute approximate surface area is 144 Å². The van der Waals surface area contributed by atoms with Gasteiger partial charge in [-0.15, -0.1) is 0 Å². The summed E-state index contributed by atoms with van der Waals surface area (Å²) in [5, 5.41) is 0.0179. The summed E-state index contributed by atoms with van der Waals surface area (Å²) in [6.07, 6.45) is -3.90. The zero-order valence-corrected chi connectivity index (χ0v) is 14.3. The Balaban J connectivity index is 2.13. The number of hydrogen-bond acceptors (Lipinski definition) is 3. The molecule has 2 rings (SSSR count). The van der Waals surface area contributed by atoms with Crippen LogP contribution < -0.4 is 0 Å². The van der Waals surface area contributed by atoms with Crippen LogP contribution in [0, 0.1) is 0 Å². The van der Waals surface area contributed by atoms with E-state index < -0.39 is 17.6 Å². The van der Waals surface area contributed by atoms with Gasteiger partial charge in [-0.25, -0.2) is 0 Å². The highest BCUT2D eigenvalue weighted by Crippen LogP contribution is 2.32. The molecule has 8 heteroatoms. The average molecular weight is 365 g/mol. The molecule has 1 amide bonds. The monoisotopic (exact) mass is 364 g/mol. The van der Waals surface area contributed by atoms with Crippen LogP contribution in [0.4, 0.5) is 13.2 Å². The summed E-state index contributed by atoms with van der Waals surface area (Å²) < 4.78 is 44.2. The summed E-state index contributed by atoms with van der Waals surface area (Å²) in [6, 6.07) is 2.80. The molecule has 0 aliphatic carbocycles. The van der Waals surface area contributed by atoms with Gasteiger partial charge in [-0.3, -0.25) is 4.79 Å². The van der Waals surface area contributed by atoms with Gasteiger partial charge in [0.1, 0.15) is 0 Å². The number of hydrogen-bond donors (Lipinski definition) is 0. The van der Waals surface area contributed by atoms with E-state index in [9.17, 15) is 18.0 Å². The van der Waals surface area contributed by atoms with E-state index in [-0.39, 0.29) is 16.7 Å². The number of carbonyl (C=O) groups excluding carboxylic acids is 1. The molecule has 0 saturated carbocycles. The largest absolute Gasteiger partial charge is 0.416 e. The van der Waals surface area contributed by atoms with Crippen molar-refractivity contribution in [1.82, 2.24) is 9.80 Å². The van der Waals surface area contributed by atoms with Crippen molar-refractivity contribution in [1.29, 1.82) is 0 Å². The third kappa shape index (κ3) is 4.84. The normalized spacial score (nSPS) is 19.0. The van der Waals surface area contributed by atoms with Crippen LogP contribution in [0.1, 0.15) is 22.3 Å². The fourth-order valence-electron chi connectivity index (χ4n) is 2.52.